The Bertz CT molecular complexity index is 356. The van der Waals surface area contributed by atoms with E-state index >= 15 is 0 Å². The zero-order chi connectivity index (χ0) is 14.3. The van der Waals surface area contributed by atoms with Crippen molar-refractivity contribution in [2.75, 3.05) is 32.2 Å². The van der Waals surface area contributed by atoms with Crippen LogP contribution in [0, 0.1) is 6.92 Å². The smallest absolute Gasteiger partial charge is 0.119 e. The molecule has 0 bridgehead atoms. The van der Waals surface area contributed by atoms with E-state index in [1.165, 1.54) is 5.56 Å². The molecule has 0 aromatic heterocycles. The third-order valence-corrected chi connectivity index (χ3v) is 3.94. The van der Waals surface area contributed by atoms with Gasteiger partial charge in [0.25, 0.3) is 0 Å². The Kier molecular flexibility index (Phi) is 7.28. The molecule has 3 nitrogen and oxygen atoms in total. The molecule has 1 rings (SSSR count). The monoisotopic (exact) mass is 283 g/mol. The van der Waals surface area contributed by atoms with Crippen molar-refractivity contribution in [1.29, 1.82) is 0 Å². The number of hydrogen-bond donors (Lipinski definition) is 1. The summed E-state index contributed by atoms with van der Waals surface area (Å²) in [5, 5.41) is 9.98. The number of thioether (sulfide) groups is 1. The lowest BCUT2D eigenvalue weighted by atomic mass is 10.2. The number of benzene rings is 1. The van der Waals surface area contributed by atoms with Crippen LogP contribution in [0.3, 0.4) is 0 Å². The normalized spacial score (nSPS) is 14.4. The number of aryl methyl sites for hydroxylation is 1. The molecule has 2 atom stereocenters. The lowest BCUT2D eigenvalue weighted by Crippen LogP contribution is -2.39. The molecule has 0 spiro atoms. The van der Waals surface area contributed by atoms with Crippen LogP contribution in [0.5, 0.6) is 5.75 Å². The summed E-state index contributed by atoms with van der Waals surface area (Å²) >= 11 is 1.82. The van der Waals surface area contributed by atoms with Crippen LogP contribution in [0.4, 0.5) is 0 Å². The van der Waals surface area contributed by atoms with Crippen LogP contribution in [0.15, 0.2) is 24.3 Å². The number of nitrogens with zero attached hydrogens (tertiary/aromatic N) is 1. The van der Waals surface area contributed by atoms with E-state index in [1.807, 2.05) is 50.0 Å². The second-order valence-corrected chi connectivity index (χ2v) is 5.93. The Morgan fingerprint density at radius 2 is 1.95 bits per heavy atom. The van der Waals surface area contributed by atoms with Gasteiger partial charge in [0.15, 0.2) is 0 Å². The van der Waals surface area contributed by atoms with Gasteiger partial charge in [-0.3, -0.25) is 0 Å². The van der Waals surface area contributed by atoms with E-state index in [0.29, 0.717) is 19.2 Å². The summed E-state index contributed by atoms with van der Waals surface area (Å²) in [6, 6.07) is 8.34. The van der Waals surface area contributed by atoms with Gasteiger partial charge in [-0.15, -0.1) is 0 Å². The third kappa shape index (κ3) is 6.32. The van der Waals surface area contributed by atoms with Gasteiger partial charge >= 0.3 is 0 Å². The van der Waals surface area contributed by atoms with E-state index in [9.17, 15) is 5.11 Å². The molecule has 0 heterocycles. The maximum absolute atomic E-state index is 9.98. The van der Waals surface area contributed by atoms with Gasteiger partial charge in [-0.05, 0) is 39.3 Å². The molecule has 1 N–H and O–H groups in total. The van der Waals surface area contributed by atoms with Crippen LogP contribution < -0.4 is 4.74 Å². The maximum Gasteiger partial charge on any atom is 0.119 e. The molecule has 1 aromatic carbocycles. The summed E-state index contributed by atoms with van der Waals surface area (Å²) in [5.41, 5.74) is 1.21. The number of ether oxygens (including phenoxy) is 1. The average Bonchev–Trinajstić information content (AvgIpc) is 2.38. The van der Waals surface area contributed by atoms with Crippen LogP contribution >= 0.6 is 11.8 Å². The molecule has 19 heavy (non-hydrogen) atoms. The second kappa shape index (κ2) is 8.46. The molecule has 108 valence electrons. The number of likely N-dealkylation sites (N-methyl/N-ethyl adjacent to an activating group) is 1. The van der Waals surface area contributed by atoms with Crippen LogP contribution in [0.2, 0.25) is 0 Å². The first-order chi connectivity index (χ1) is 9.02. The predicted octanol–water partition coefficient (Wildman–Crippen LogP) is 2.42. The van der Waals surface area contributed by atoms with Crippen molar-refractivity contribution in [3.05, 3.63) is 29.8 Å². The third-order valence-electron chi connectivity index (χ3n) is 3.12. The highest BCUT2D eigenvalue weighted by Crippen LogP contribution is 2.12. The average molecular weight is 283 g/mol. The number of rotatable bonds is 8. The van der Waals surface area contributed by atoms with E-state index in [4.69, 9.17) is 4.74 Å². The van der Waals surface area contributed by atoms with Crippen molar-refractivity contribution in [2.45, 2.75) is 26.0 Å². The van der Waals surface area contributed by atoms with Crippen molar-refractivity contribution in [3.63, 3.8) is 0 Å². The summed E-state index contributed by atoms with van der Waals surface area (Å²) < 4.78 is 5.58. The lowest BCUT2D eigenvalue weighted by Gasteiger charge is -2.26. The fraction of sp³-hybridized carbons (Fsp3) is 0.600. The Morgan fingerprint density at radius 3 is 2.53 bits per heavy atom. The van der Waals surface area contributed by atoms with Gasteiger partial charge in [-0.25, -0.2) is 0 Å². The largest absolute Gasteiger partial charge is 0.491 e. The first-order valence-electron chi connectivity index (χ1n) is 6.59. The van der Waals surface area contributed by atoms with Gasteiger partial charge < -0.3 is 14.7 Å². The molecule has 2 unspecified atom stereocenters. The standard InChI is InChI=1S/C15H25NO2S/c1-12-5-7-15(8-6-12)18-10-14(17)9-16(3)13(2)11-19-4/h5-8,13-14,17H,9-11H2,1-4H3. The molecule has 0 saturated heterocycles. The van der Waals surface area contributed by atoms with E-state index < -0.39 is 6.10 Å². The number of hydrogen-bond acceptors (Lipinski definition) is 4. The summed E-state index contributed by atoms with van der Waals surface area (Å²) in [6.07, 6.45) is 1.64. The molecule has 0 amide bonds. The van der Waals surface area contributed by atoms with Gasteiger partial charge in [0.1, 0.15) is 18.5 Å². The van der Waals surface area contributed by atoms with Crippen LogP contribution in [-0.4, -0.2) is 54.4 Å². The zero-order valence-corrected chi connectivity index (χ0v) is 13.1. The van der Waals surface area contributed by atoms with E-state index in [0.717, 1.165) is 11.5 Å². The zero-order valence-electron chi connectivity index (χ0n) is 12.3. The molecular formula is C15H25NO2S. The van der Waals surface area contributed by atoms with E-state index in [-0.39, 0.29) is 0 Å². The fourth-order valence-electron chi connectivity index (χ4n) is 1.76. The summed E-state index contributed by atoms with van der Waals surface area (Å²) in [5.74, 6) is 1.88. The van der Waals surface area contributed by atoms with Crippen LogP contribution in [0.1, 0.15) is 12.5 Å². The quantitative estimate of drug-likeness (QED) is 0.794. The molecule has 0 aliphatic rings. The minimum atomic E-state index is -0.462. The molecule has 4 heteroatoms. The van der Waals surface area contributed by atoms with Crippen molar-refractivity contribution in [3.8, 4) is 5.75 Å². The minimum Gasteiger partial charge on any atom is -0.491 e. The van der Waals surface area contributed by atoms with Crippen molar-refractivity contribution in [2.24, 2.45) is 0 Å². The molecular weight excluding hydrogens is 258 g/mol. The summed E-state index contributed by atoms with van der Waals surface area (Å²) in [4.78, 5) is 2.17. The summed E-state index contributed by atoms with van der Waals surface area (Å²) in [7, 11) is 2.04. The van der Waals surface area contributed by atoms with Gasteiger partial charge in [-0.2, -0.15) is 11.8 Å². The first kappa shape index (κ1) is 16.3. The topological polar surface area (TPSA) is 32.7 Å². The van der Waals surface area contributed by atoms with Gasteiger partial charge in [0, 0.05) is 18.3 Å². The lowest BCUT2D eigenvalue weighted by molar-refractivity contribution is 0.0684. The van der Waals surface area contributed by atoms with Crippen LogP contribution in [0.25, 0.3) is 0 Å². The Hall–Kier alpha value is -0.710. The SMILES string of the molecule is CSCC(C)N(C)CC(O)COc1ccc(C)cc1. The molecule has 0 radical (unpaired) electrons. The first-order valence-corrected chi connectivity index (χ1v) is 7.99. The molecule has 0 aliphatic heterocycles. The van der Waals surface area contributed by atoms with Gasteiger partial charge in [0.05, 0.1) is 0 Å². The van der Waals surface area contributed by atoms with Crippen LogP contribution in [-0.2, 0) is 0 Å². The van der Waals surface area contributed by atoms with Gasteiger partial charge in [-0.1, -0.05) is 17.7 Å². The fourth-order valence-corrected chi connectivity index (χ4v) is 2.50. The Morgan fingerprint density at radius 1 is 1.32 bits per heavy atom. The predicted molar refractivity (Wildman–Crippen MR) is 83.2 cm³/mol. The van der Waals surface area contributed by atoms with E-state index in [1.54, 1.807) is 0 Å². The van der Waals surface area contributed by atoms with Crippen molar-refractivity contribution < 1.29 is 9.84 Å². The number of aliphatic hydroxyl groups excluding tert-OH is 1. The van der Waals surface area contributed by atoms with E-state index in [2.05, 4.69) is 18.1 Å². The molecule has 0 saturated carbocycles. The number of aliphatic hydroxyl groups is 1. The highest BCUT2D eigenvalue weighted by Gasteiger charge is 2.13. The van der Waals surface area contributed by atoms with Crippen molar-refractivity contribution in [1.82, 2.24) is 4.90 Å². The summed E-state index contributed by atoms with van der Waals surface area (Å²) in [6.45, 7) is 5.18. The highest BCUT2D eigenvalue weighted by atomic mass is 32.2. The molecule has 1 aromatic rings. The van der Waals surface area contributed by atoms with Gasteiger partial charge in [0.2, 0.25) is 0 Å². The second-order valence-electron chi connectivity index (χ2n) is 5.02. The minimum absolute atomic E-state index is 0.333. The Balaban J connectivity index is 2.31. The maximum atomic E-state index is 9.98. The highest BCUT2D eigenvalue weighted by molar-refractivity contribution is 7.98. The molecule has 0 aliphatic carbocycles. The van der Waals surface area contributed by atoms with Crippen molar-refractivity contribution >= 4 is 11.8 Å². The Labute approximate surface area is 121 Å². The molecule has 0 fully saturated rings.